The number of ether oxygens (including phenoxy) is 2. The molecule has 3 aromatic rings. The number of benzene rings is 2. The summed E-state index contributed by atoms with van der Waals surface area (Å²) in [5.41, 5.74) is 3.11. The molecule has 0 saturated heterocycles. The number of carbonyl (C=O) groups is 1. The first-order valence-corrected chi connectivity index (χ1v) is 9.18. The molecule has 0 bridgehead atoms. The van der Waals surface area contributed by atoms with Gasteiger partial charge < -0.3 is 19.4 Å². The number of rotatable bonds is 7. The van der Waals surface area contributed by atoms with E-state index < -0.39 is 0 Å². The third-order valence-electron chi connectivity index (χ3n) is 4.68. The van der Waals surface area contributed by atoms with Crippen LogP contribution in [-0.4, -0.2) is 24.2 Å². The molecule has 2 aromatic carbocycles. The van der Waals surface area contributed by atoms with Gasteiger partial charge in [0.25, 0.3) is 0 Å². The Bertz CT molecular complexity index is 946. The first-order valence-electron chi connectivity index (χ1n) is 9.18. The van der Waals surface area contributed by atoms with Crippen LogP contribution in [0.2, 0.25) is 0 Å². The molecule has 0 aliphatic carbocycles. The van der Waals surface area contributed by atoms with Crippen LogP contribution in [0.25, 0.3) is 10.9 Å². The van der Waals surface area contributed by atoms with Crippen LogP contribution in [-0.2, 0) is 11.3 Å². The Kier molecular flexibility index (Phi) is 5.69. The molecule has 3 rings (SSSR count). The molecule has 0 aliphatic rings. The lowest BCUT2D eigenvalue weighted by Crippen LogP contribution is -2.30. The fraction of sp³-hybridized carbons (Fsp3) is 0.318. The molecule has 1 N–H and O–H groups in total. The van der Waals surface area contributed by atoms with Gasteiger partial charge >= 0.3 is 0 Å². The zero-order chi connectivity index (χ0) is 19.4. The first-order chi connectivity index (χ1) is 13.0. The van der Waals surface area contributed by atoms with Crippen molar-refractivity contribution in [2.24, 2.45) is 0 Å². The molecule has 142 valence electrons. The fourth-order valence-corrected chi connectivity index (χ4v) is 3.30. The number of para-hydroxylation sites is 1. The number of amides is 1. The second-order valence-corrected chi connectivity index (χ2v) is 6.56. The van der Waals surface area contributed by atoms with E-state index in [1.165, 1.54) is 0 Å². The summed E-state index contributed by atoms with van der Waals surface area (Å²) in [6, 6.07) is 15.8. The zero-order valence-corrected chi connectivity index (χ0v) is 16.3. The number of nitrogens with one attached hydrogen (secondary N) is 1. The van der Waals surface area contributed by atoms with Crippen molar-refractivity contribution in [3.63, 3.8) is 0 Å². The molecule has 1 aromatic heterocycles. The Hall–Kier alpha value is -2.95. The largest absolute Gasteiger partial charge is 0.493 e. The number of aromatic nitrogens is 1. The maximum Gasteiger partial charge on any atom is 0.240 e. The molecule has 1 atom stereocenters. The van der Waals surface area contributed by atoms with Crippen molar-refractivity contribution in [3.8, 4) is 11.5 Å². The van der Waals surface area contributed by atoms with Gasteiger partial charge in [-0.05, 0) is 56.0 Å². The SMILES string of the molecule is CCOc1ccc(C(C)NC(=O)Cn2c(C)cc3ccccc32)cc1OC. The lowest BCUT2D eigenvalue weighted by atomic mass is 10.1. The van der Waals surface area contributed by atoms with E-state index in [9.17, 15) is 4.79 Å². The number of methoxy groups -OCH3 is 1. The van der Waals surface area contributed by atoms with Crippen LogP contribution in [0.5, 0.6) is 11.5 Å². The highest BCUT2D eigenvalue weighted by Crippen LogP contribution is 2.30. The average Bonchev–Trinajstić information content (AvgIpc) is 2.97. The van der Waals surface area contributed by atoms with Crippen LogP contribution < -0.4 is 14.8 Å². The lowest BCUT2D eigenvalue weighted by molar-refractivity contribution is -0.122. The molecule has 1 unspecified atom stereocenters. The van der Waals surface area contributed by atoms with Crippen LogP contribution >= 0.6 is 0 Å². The predicted molar refractivity (Wildman–Crippen MR) is 107 cm³/mol. The number of aryl methyl sites for hydroxylation is 1. The van der Waals surface area contributed by atoms with Crippen LogP contribution in [0.4, 0.5) is 0 Å². The van der Waals surface area contributed by atoms with Crippen molar-refractivity contribution in [1.29, 1.82) is 0 Å². The Balaban J connectivity index is 1.73. The Morgan fingerprint density at radius 3 is 2.67 bits per heavy atom. The number of nitrogens with zero attached hydrogens (tertiary/aromatic N) is 1. The normalized spacial score (nSPS) is 12.0. The second kappa shape index (κ2) is 8.16. The Morgan fingerprint density at radius 1 is 1.15 bits per heavy atom. The van der Waals surface area contributed by atoms with Gasteiger partial charge in [-0.2, -0.15) is 0 Å². The van der Waals surface area contributed by atoms with E-state index in [1.54, 1.807) is 7.11 Å². The molecule has 5 nitrogen and oxygen atoms in total. The highest BCUT2D eigenvalue weighted by Gasteiger charge is 2.15. The third kappa shape index (κ3) is 4.08. The summed E-state index contributed by atoms with van der Waals surface area (Å²) in [6.07, 6.45) is 0. The van der Waals surface area contributed by atoms with Crippen molar-refractivity contribution in [2.75, 3.05) is 13.7 Å². The number of carbonyl (C=O) groups excluding carboxylic acids is 1. The third-order valence-corrected chi connectivity index (χ3v) is 4.68. The maximum absolute atomic E-state index is 12.6. The van der Waals surface area contributed by atoms with E-state index in [2.05, 4.69) is 17.4 Å². The molecule has 0 saturated carbocycles. The van der Waals surface area contributed by atoms with Gasteiger partial charge in [-0.25, -0.2) is 0 Å². The number of hydrogen-bond donors (Lipinski definition) is 1. The van der Waals surface area contributed by atoms with Gasteiger partial charge in [0.15, 0.2) is 11.5 Å². The van der Waals surface area contributed by atoms with Gasteiger partial charge in [0, 0.05) is 11.2 Å². The van der Waals surface area contributed by atoms with Gasteiger partial charge in [0.1, 0.15) is 6.54 Å². The van der Waals surface area contributed by atoms with Gasteiger partial charge in [-0.1, -0.05) is 24.3 Å². The first kappa shape index (κ1) is 18.8. The minimum atomic E-state index is -0.135. The van der Waals surface area contributed by atoms with Crippen LogP contribution in [0.3, 0.4) is 0 Å². The van der Waals surface area contributed by atoms with E-state index in [0.717, 1.165) is 22.2 Å². The number of fused-ring (bicyclic) bond motifs is 1. The van der Waals surface area contributed by atoms with Crippen molar-refractivity contribution in [1.82, 2.24) is 9.88 Å². The molecule has 1 amide bonds. The van der Waals surface area contributed by atoms with Crippen molar-refractivity contribution < 1.29 is 14.3 Å². The highest BCUT2D eigenvalue weighted by atomic mass is 16.5. The molecule has 5 heteroatoms. The predicted octanol–water partition coefficient (Wildman–Crippen LogP) is 4.23. The highest BCUT2D eigenvalue weighted by molar-refractivity contribution is 5.84. The van der Waals surface area contributed by atoms with Crippen LogP contribution in [0.1, 0.15) is 31.1 Å². The van der Waals surface area contributed by atoms with Crippen LogP contribution in [0, 0.1) is 6.92 Å². The molecule has 0 radical (unpaired) electrons. The van der Waals surface area contributed by atoms with Gasteiger partial charge in [-0.3, -0.25) is 4.79 Å². The summed E-state index contributed by atoms with van der Waals surface area (Å²) in [6.45, 7) is 6.79. The lowest BCUT2D eigenvalue weighted by Gasteiger charge is -2.18. The molecular weight excluding hydrogens is 340 g/mol. The van der Waals surface area contributed by atoms with Crippen molar-refractivity contribution in [3.05, 3.63) is 59.8 Å². The van der Waals surface area contributed by atoms with Gasteiger partial charge in [0.2, 0.25) is 5.91 Å². The fourth-order valence-electron chi connectivity index (χ4n) is 3.30. The standard InChI is InChI=1S/C22H26N2O3/c1-5-27-20-11-10-17(13-21(20)26-4)16(3)23-22(25)14-24-15(2)12-18-8-6-7-9-19(18)24/h6-13,16H,5,14H2,1-4H3,(H,23,25). The molecule has 1 heterocycles. The minimum Gasteiger partial charge on any atom is -0.493 e. The molecule has 0 fully saturated rings. The van der Waals surface area contributed by atoms with E-state index >= 15 is 0 Å². The quantitative estimate of drug-likeness (QED) is 0.681. The van der Waals surface area contributed by atoms with E-state index in [-0.39, 0.29) is 18.5 Å². The maximum atomic E-state index is 12.6. The molecule has 27 heavy (non-hydrogen) atoms. The zero-order valence-electron chi connectivity index (χ0n) is 16.3. The van der Waals surface area contributed by atoms with E-state index in [4.69, 9.17) is 9.47 Å². The van der Waals surface area contributed by atoms with Gasteiger partial charge in [-0.15, -0.1) is 0 Å². The summed E-state index contributed by atoms with van der Waals surface area (Å²) in [5.74, 6) is 1.35. The monoisotopic (exact) mass is 366 g/mol. The van der Waals surface area contributed by atoms with Crippen LogP contribution in [0.15, 0.2) is 48.5 Å². The summed E-state index contributed by atoms with van der Waals surface area (Å²) in [7, 11) is 1.62. The minimum absolute atomic E-state index is 0.0280. The Morgan fingerprint density at radius 2 is 1.93 bits per heavy atom. The summed E-state index contributed by atoms with van der Waals surface area (Å²) in [4.78, 5) is 12.6. The summed E-state index contributed by atoms with van der Waals surface area (Å²) >= 11 is 0. The smallest absolute Gasteiger partial charge is 0.240 e. The van der Waals surface area contributed by atoms with E-state index in [0.29, 0.717) is 18.1 Å². The molecule has 0 aliphatic heterocycles. The van der Waals surface area contributed by atoms with E-state index in [1.807, 2.05) is 61.7 Å². The summed E-state index contributed by atoms with van der Waals surface area (Å²) in [5, 5.41) is 4.22. The Labute approximate surface area is 159 Å². The molecule has 0 spiro atoms. The topological polar surface area (TPSA) is 52.5 Å². The van der Waals surface area contributed by atoms with Gasteiger partial charge in [0.05, 0.1) is 19.8 Å². The number of hydrogen-bond acceptors (Lipinski definition) is 3. The van der Waals surface area contributed by atoms with Crippen molar-refractivity contribution >= 4 is 16.8 Å². The van der Waals surface area contributed by atoms with Crippen molar-refractivity contribution in [2.45, 2.75) is 33.4 Å². The average molecular weight is 366 g/mol. The molecular formula is C22H26N2O3. The summed E-state index contributed by atoms with van der Waals surface area (Å²) < 4.78 is 13.0. The second-order valence-electron chi connectivity index (χ2n) is 6.56.